The predicted octanol–water partition coefficient (Wildman–Crippen LogP) is 3.16. The molecule has 0 unspecified atom stereocenters. The number of carbonyl (C=O) groups is 1. The van der Waals surface area contributed by atoms with E-state index < -0.39 is 0 Å². The van der Waals surface area contributed by atoms with Crippen molar-refractivity contribution in [3.63, 3.8) is 0 Å². The third kappa shape index (κ3) is 4.39. The Labute approximate surface area is 165 Å². The summed E-state index contributed by atoms with van der Waals surface area (Å²) in [5.74, 6) is 0.0999. The third-order valence-corrected chi connectivity index (χ3v) is 5.52. The van der Waals surface area contributed by atoms with E-state index >= 15 is 0 Å². The molecule has 3 heterocycles. The minimum Gasteiger partial charge on any atom is -0.352 e. The van der Waals surface area contributed by atoms with Crippen LogP contribution in [0.1, 0.15) is 37.3 Å². The molecule has 1 N–H and O–H groups in total. The molecule has 6 nitrogen and oxygen atoms in total. The Kier molecular flexibility index (Phi) is 5.67. The molecule has 1 aliphatic carbocycles. The van der Waals surface area contributed by atoms with Gasteiger partial charge >= 0.3 is 0 Å². The number of pyridine rings is 2. The minimum atomic E-state index is 0.0999. The topological polar surface area (TPSA) is 63.1 Å². The zero-order chi connectivity index (χ0) is 19.3. The van der Waals surface area contributed by atoms with Gasteiger partial charge in [-0.1, -0.05) is 6.07 Å². The van der Waals surface area contributed by atoms with E-state index in [0.717, 1.165) is 43.4 Å². The molecule has 1 amide bonds. The Bertz CT molecular complexity index is 915. The molecule has 1 fully saturated rings. The van der Waals surface area contributed by atoms with Crippen molar-refractivity contribution in [2.45, 2.75) is 44.3 Å². The number of aromatic nitrogens is 3. The van der Waals surface area contributed by atoms with E-state index in [1.807, 2.05) is 42.5 Å². The highest BCUT2D eigenvalue weighted by Crippen LogP contribution is 2.31. The largest absolute Gasteiger partial charge is 0.352 e. The van der Waals surface area contributed by atoms with Crippen molar-refractivity contribution in [2.75, 3.05) is 13.6 Å². The summed E-state index contributed by atoms with van der Waals surface area (Å²) < 4.78 is 2.30. The molecule has 0 radical (unpaired) electrons. The summed E-state index contributed by atoms with van der Waals surface area (Å²) in [6, 6.07) is 10.9. The standard InChI is InChI=1S/C22H27N5O/c1-26(15-17-4-2-11-23-14-17)16-21(28)25-19-6-8-20(9-7-19)27-13-10-18-5-3-12-24-22(18)27/h2-5,10-14,19-20H,6-9,15-16H2,1H3,(H,25,28). The van der Waals surface area contributed by atoms with E-state index in [2.05, 4.69) is 38.2 Å². The summed E-state index contributed by atoms with van der Waals surface area (Å²) in [5.41, 5.74) is 2.18. The second kappa shape index (κ2) is 8.52. The van der Waals surface area contributed by atoms with Crippen LogP contribution < -0.4 is 5.32 Å². The number of nitrogens with zero attached hydrogens (tertiary/aromatic N) is 4. The van der Waals surface area contributed by atoms with Crippen LogP contribution in [0.25, 0.3) is 11.0 Å². The first-order valence-electron chi connectivity index (χ1n) is 9.97. The fourth-order valence-corrected chi connectivity index (χ4v) is 4.16. The molecule has 0 spiro atoms. The average Bonchev–Trinajstić information content (AvgIpc) is 3.13. The first kappa shape index (κ1) is 18.6. The molecule has 4 rings (SSSR count). The van der Waals surface area contributed by atoms with Crippen molar-refractivity contribution in [3.8, 4) is 0 Å². The van der Waals surface area contributed by atoms with Gasteiger partial charge in [0.2, 0.25) is 5.91 Å². The van der Waals surface area contributed by atoms with E-state index in [-0.39, 0.29) is 11.9 Å². The number of hydrogen-bond acceptors (Lipinski definition) is 4. The van der Waals surface area contributed by atoms with Gasteiger partial charge in [0.15, 0.2) is 0 Å². The maximum atomic E-state index is 12.4. The number of fused-ring (bicyclic) bond motifs is 1. The Hall–Kier alpha value is -2.73. The van der Waals surface area contributed by atoms with Crippen molar-refractivity contribution in [1.82, 2.24) is 24.8 Å². The summed E-state index contributed by atoms with van der Waals surface area (Å²) >= 11 is 0. The molecule has 0 atom stereocenters. The molecular formula is C22H27N5O. The van der Waals surface area contributed by atoms with Crippen LogP contribution in [-0.2, 0) is 11.3 Å². The maximum absolute atomic E-state index is 12.4. The van der Waals surface area contributed by atoms with Crippen LogP contribution in [0, 0.1) is 0 Å². The number of nitrogens with one attached hydrogen (secondary N) is 1. The molecule has 0 aliphatic heterocycles. The fourth-order valence-electron chi connectivity index (χ4n) is 4.16. The normalized spacial score (nSPS) is 19.8. The van der Waals surface area contributed by atoms with Crippen LogP contribution in [0.2, 0.25) is 0 Å². The van der Waals surface area contributed by atoms with Crippen LogP contribution in [-0.4, -0.2) is 45.0 Å². The molecule has 3 aromatic heterocycles. The number of amides is 1. The van der Waals surface area contributed by atoms with Crippen molar-refractivity contribution >= 4 is 16.9 Å². The van der Waals surface area contributed by atoms with E-state index in [9.17, 15) is 4.79 Å². The molecule has 1 aliphatic rings. The van der Waals surface area contributed by atoms with E-state index in [4.69, 9.17) is 0 Å². The van der Waals surface area contributed by atoms with Crippen LogP contribution in [0.4, 0.5) is 0 Å². The van der Waals surface area contributed by atoms with Gasteiger partial charge in [-0.05, 0) is 62.6 Å². The van der Waals surface area contributed by atoms with Gasteiger partial charge in [-0.25, -0.2) is 4.98 Å². The van der Waals surface area contributed by atoms with Gasteiger partial charge in [0.05, 0.1) is 6.54 Å². The molecule has 28 heavy (non-hydrogen) atoms. The highest BCUT2D eigenvalue weighted by Gasteiger charge is 2.24. The second-order valence-corrected chi connectivity index (χ2v) is 7.75. The molecule has 0 aromatic carbocycles. The Balaban J connectivity index is 1.25. The van der Waals surface area contributed by atoms with Gasteiger partial charge in [0, 0.05) is 48.8 Å². The van der Waals surface area contributed by atoms with Crippen molar-refractivity contribution in [1.29, 1.82) is 0 Å². The van der Waals surface area contributed by atoms with Crippen LogP contribution >= 0.6 is 0 Å². The lowest BCUT2D eigenvalue weighted by molar-refractivity contribution is -0.123. The van der Waals surface area contributed by atoms with Gasteiger partial charge in [-0.2, -0.15) is 0 Å². The van der Waals surface area contributed by atoms with Crippen LogP contribution in [0.15, 0.2) is 55.1 Å². The first-order chi connectivity index (χ1) is 13.7. The number of likely N-dealkylation sites (N-methyl/N-ethyl adjacent to an activating group) is 1. The van der Waals surface area contributed by atoms with Crippen LogP contribution in [0.3, 0.4) is 0 Å². The minimum absolute atomic E-state index is 0.0999. The van der Waals surface area contributed by atoms with Crippen LogP contribution in [0.5, 0.6) is 0 Å². The average molecular weight is 377 g/mol. The molecule has 3 aromatic rings. The number of carbonyl (C=O) groups excluding carboxylic acids is 1. The highest BCUT2D eigenvalue weighted by atomic mass is 16.2. The summed E-state index contributed by atoms with van der Waals surface area (Å²) in [5, 5.41) is 4.41. The molecule has 146 valence electrons. The number of hydrogen-bond donors (Lipinski definition) is 1. The highest BCUT2D eigenvalue weighted by molar-refractivity contribution is 5.78. The SMILES string of the molecule is CN(CC(=O)NC1CCC(n2ccc3cccnc32)CC1)Cc1cccnc1. The lowest BCUT2D eigenvalue weighted by atomic mass is 9.91. The quantitative estimate of drug-likeness (QED) is 0.717. The lowest BCUT2D eigenvalue weighted by Crippen LogP contribution is -2.42. The van der Waals surface area contributed by atoms with E-state index in [1.165, 1.54) is 5.39 Å². The first-order valence-corrected chi connectivity index (χ1v) is 9.97. The summed E-state index contributed by atoms with van der Waals surface area (Å²) in [7, 11) is 1.97. The van der Waals surface area contributed by atoms with Gasteiger partial charge in [-0.15, -0.1) is 0 Å². The van der Waals surface area contributed by atoms with Crippen molar-refractivity contribution in [3.05, 3.63) is 60.7 Å². The number of rotatable bonds is 6. The summed E-state index contributed by atoms with van der Waals surface area (Å²) in [6.45, 7) is 1.13. The van der Waals surface area contributed by atoms with Gasteiger partial charge in [0.25, 0.3) is 0 Å². The second-order valence-electron chi connectivity index (χ2n) is 7.75. The zero-order valence-corrected chi connectivity index (χ0v) is 16.3. The smallest absolute Gasteiger partial charge is 0.234 e. The fraction of sp³-hybridized carbons (Fsp3) is 0.409. The molecule has 0 saturated heterocycles. The lowest BCUT2D eigenvalue weighted by Gasteiger charge is -2.30. The Morgan fingerprint density at radius 3 is 2.79 bits per heavy atom. The van der Waals surface area contributed by atoms with E-state index in [1.54, 1.807) is 6.20 Å². The predicted molar refractivity (Wildman–Crippen MR) is 110 cm³/mol. The summed E-state index contributed by atoms with van der Waals surface area (Å²) in [4.78, 5) is 23.1. The molecular weight excluding hydrogens is 350 g/mol. The van der Waals surface area contributed by atoms with Crippen molar-refractivity contribution < 1.29 is 4.79 Å². The summed E-state index contributed by atoms with van der Waals surface area (Å²) in [6.07, 6.45) is 11.8. The molecule has 0 bridgehead atoms. The van der Waals surface area contributed by atoms with Gasteiger partial charge in [-0.3, -0.25) is 14.7 Å². The third-order valence-electron chi connectivity index (χ3n) is 5.52. The maximum Gasteiger partial charge on any atom is 0.234 e. The van der Waals surface area contributed by atoms with Gasteiger partial charge < -0.3 is 9.88 Å². The van der Waals surface area contributed by atoms with Gasteiger partial charge in [0.1, 0.15) is 5.65 Å². The van der Waals surface area contributed by atoms with Crippen molar-refractivity contribution in [2.24, 2.45) is 0 Å². The molecule has 1 saturated carbocycles. The molecule has 6 heteroatoms. The zero-order valence-electron chi connectivity index (χ0n) is 16.3. The Morgan fingerprint density at radius 2 is 2.00 bits per heavy atom. The van der Waals surface area contributed by atoms with E-state index in [0.29, 0.717) is 12.6 Å². The monoisotopic (exact) mass is 377 g/mol. The Morgan fingerprint density at radius 1 is 1.18 bits per heavy atom.